The zero-order valence-electron chi connectivity index (χ0n) is 9.88. The first-order chi connectivity index (χ1) is 9.60. The van der Waals surface area contributed by atoms with Crippen molar-refractivity contribution in [3.05, 3.63) is 39.5 Å². The molecule has 3 rings (SSSR count). The van der Waals surface area contributed by atoms with Crippen molar-refractivity contribution < 1.29 is 4.39 Å². The molecular formula is C12H6FIN6. The summed E-state index contributed by atoms with van der Waals surface area (Å²) in [6, 6.07) is 7.77. The van der Waals surface area contributed by atoms with Gasteiger partial charge in [0.05, 0.1) is 9.26 Å². The van der Waals surface area contributed by atoms with Crippen molar-refractivity contribution in [2.24, 2.45) is 0 Å². The van der Waals surface area contributed by atoms with Crippen molar-refractivity contribution in [3.8, 4) is 17.3 Å². The fraction of sp³-hybridized carbons (Fsp3) is 0. The highest BCUT2D eigenvalue weighted by molar-refractivity contribution is 14.1. The number of anilines is 1. The van der Waals surface area contributed by atoms with Crippen molar-refractivity contribution in [1.82, 2.24) is 19.6 Å². The van der Waals surface area contributed by atoms with Crippen LogP contribution in [-0.4, -0.2) is 19.6 Å². The molecule has 0 spiro atoms. The highest BCUT2D eigenvalue weighted by Crippen LogP contribution is 2.27. The fourth-order valence-corrected chi connectivity index (χ4v) is 2.56. The summed E-state index contributed by atoms with van der Waals surface area (Å²) >= 11 is 2.05. The minimum atomic E-state index is -0.327. The minimum absolute atomic E-state index is 0.0210. The SMILES string of the molecule is N#Cc1nc2c(I)c(-c3ccc(F)cc3)nc(N)n2n1. The molecule has 3 aromatic rings. The smallest absolute Gasteiger partial charge is 0.253 e. The second-order valence-corrected chi connectivity index (χ2v) is 5.00. The predicted molar refractivity (Wildman–Crippen MR) is 78.0 cm³/mol. The summed E-state index contributed by atoms with van der Waals surface area (Å²) in [7, 11) is 0. The number of fused-ring (bicyclic) bond motifs is 1. The number of nitrogens with zero attached hydrogens (tertiary/aromatic N) is 5. The van der Waals surface area contributed by atoms with Crippen LogP contribution in [0.5, 0.6) is 0 Å². The van der Waals surface area contributed by atoms with Gasteiger partial charge in [-0.05, 0) is 46.9 Å². The van der Waals surface area contributed by atoms with Crippen molar-refractivity contribution in [2.45, 2.75) is 0 Å². The first-order valence-electron chi connectivity index (χ1n) is 5.48. The first-order valence-corrected chi connectivity index (χ1v) is 6.56. The lowest BCUT2D eigenvalue weighted by atomic mass is 10.1. The van der Waals surface area contributed by atoms with Gasteiger partial charge in [0.1, 0.15) is 11.9 Å². The molecule has 1 aromatic carbocycles. The number of halogens is 2. The molecule has 0 aliphatic rings. The van der Waals surface area contributed by atoms with Crippen molar-refractivity contribution in [1.29, 1.82) is 5.26 Å². The summed E-state index contributed by atoms with van der Waals surface area (Å²) in [5.74, 6) is -0.187. The molecule has 0 amide bonds. The van der Waals surface area contributed by atoms with E-state index in [-0.39, 0.29) is 17.6 Å². The molecule has 0 aliphatic carbocycles. The molecule has 20 heavy (non-hydrogen) atoms. The molecule has 0 saturated carbocycles. The van der Waals surface area contributed by atoms with E-state index in [2.05, 4.69) is 37.7 Å². The normalized spacial score (nSPS) is 10.7. The summed E-state index contributed by atoms with van der Waals surface area (Å²) < 4.78 is 15.0. The van der Waals surface area contributed by atoms with Gasteiger partial charge < -0.3 is 5.73 Å². The quantitative estimate of drug-likeness (QED) is 0.652. The van der Waals surface area contributed by atoms with E-state index in [1.165, 1.54) is 16.6 Å². The Hall–Kier alpha value is -2.28. The number of nitrogen functional groups attached to an aromatic ring is 1. The second-order valence-electron chi connectivity index (χ2n) is 3.92. The summed E-state index contributed by atoms with van der Waals surface area (Å²) in [4.78, 5) is 8.33. The highest BCUT2D eigenvalue weighted by atomic mass is 127. The number of benzene rings is 1. The monoisotopic (exact) mass is 380 g/mol. The molecule has 0 saturated heterocycles. The van der Waals surface area contributed by atoms with Crippen LogP contribution in [0.2, 0.25) is 0 Å². The maximum atomic E-state index is 13.0. The van der Waals surface area contributed by atoms with Gasteiger partial charge in [0.15, 0.2) is 5.65 Å². The van der Waals surface area contributed by atoms with Gasteiger partial charge in [-0.1, -0.05) is 0 Å². The van der Waals surface area contributed by atoms with E-state index in [0.717, 1.165) is 0 Å². The zero-order chi connectivity index (χ0) is 14.3. The Balaban J connectivity index is 2.29. The number of nitrogens with two attached hydrogens (primary N) is 1. The van der Waals surface area contributed by atoms with Crippen molar-refractivity contribution >= 4 is 34.2 Å². The minimum Gasteiger partial charge on any atom is -0.368 e. The third kappa shape index (κ3) is 1.96. The molecule has 2 heterocycles. The molecule has 0 atom stereocenters. The summed E-state index contributed by atoms with van der Waals surface area (Å²) in [6.45, 7) is 0. The molecule has 2 N–H and O–H groups in total. The summed E-state index contributed by atoms with van der Waals surface area (Å²) in [5.41, 5.74) is 7.57. The van der Waals surface area contributed by atoms with Gasteiger partial charge in [0.2, 0.25) is 5.95 Å². The van der Waals surface area contributed by atoms with Crippen molar-refractivity contribution in [3.63, 3.8) is 0 Å². The van der Waals surface area contributed by atoms with Gasteiger partial charge in [-0.25, -0.2) is 9.37 Å². The predicted octanol–water partition coefficient (Wildman–Crippen LogP) is 1.99. The highest BCUT2D eigenvalue weighted by Gasteiger charge is 2.16. The Bertz CT molecular complexity index is 849. The van der Waals surface area contributed by atoms with Gasteiger partial charge in [0.25, 0.3) is 5.82 Å². The molecule has 0 radical (unpaired) electrons. The molecule has 8 heteroatoms. The molecule has 0 aliphatic heterocycles. The number of rotatable bonds is 1. The van der Waals surface area contributed by atoms with Crippen molar-refractivity contribution in [2.75, 3.05) is 5.73 Å². The lowest BCUT2D eigenvalue weighted by Crippen LogP contribution is -2.05. The van der Waals surface area contributed by atoms with Gasteiger partial charge in [0, 0.05) is 5.56 Å². The third-order valence-corrected chi connectivity index (χ3v) is 3.67. The Morgan fingerprint density at radius 3 is 2.60 bits per heavy atom. The largest absolute Gasteiger partial charge is 0.368 e. The van der Waals surface area contributed by atoms with Crippen LogP contribution < -0.4 is 5.73 Å². The second kappa shape index (κ2) is 4.68. The van der Waals surface area contributed by atoms with Crippen LogP contribution >= 0.6 is 22.6 Å². The molecule has 0 bridgehead atoms. The van der Waals surface area contributed by atoms with E-state index in [1.54, 1.807) is 12.1 Å². The Morgan fingerprint density at radius 1 is 1.25 bits per heavy atom. The van der Waals surface area contributed by atoms with E-state index in [9.17, 15) is 4.39 Å². The molecule has 0 unspecified atom stereocenters. The molecule has 2 aromatic heterocycles. The van der Waals surface area contributed by atoms with Crippen LogP contribution in [0.25, 0.3) is 16.9 Å². The lowest BCUT2D eigenvalue weighted by Gasteiger charge is -2.06. The Kier molecular flexibility index (Phi) is 2.98. The molecule has 6 nitrogen and oxygen atoms in total. The van der Waals surface area contributed by atoms with Crippen LogP contribution in [0, 0.1) is 20.7 Å². The Morgan fingerprint density at radius 2 is 1.95 bits per heavy atom. The van der Waals surface area contributed by atoms with Gasteiger partial charge in [-0.15, -0.1) is 5.10 Å². The average Bonchev–Trinajstić information content (AvgIpc) is 2.89. The van der Waals surface area contributed by atoms with Crippen LogP contribution in [0.1, 0.15) is 5.82 Å². The van der Waals surface area contributed by atoms with Gasteiger partial charge >= 0.3 is 0 Å². The van der Waals surface area contributed by atoms with Gasteiger partial charge in [-0.2, -0.15) is 14.8 Å². The lowest BCUT2D eigenvalue weighted by molar-refractivity contribution is 0.628. The maximum absolute atomic E-state index is 13.0. The average molecular weight is 380 g/mol. The molecular weight excluding hydrogens is 374 g/mol. The van der Waals surface area contributed by atoms with Crippen LogP contribution in [-0.2, 0) is 0 Å². The van der Waals surface area contributed by atoms with E-state index in [4.69, 9.17) is 11.0 Å². The van der Waals surface area contributed by atoms with E-state index >= 15 is 0 Å². The fourth-order valence-electron chi connectivity index (χ4n) is 1.78. The number of aromatic nitrogens is 4. The molecule has 98 valence electrons. The third-order valence-electron chi connectivity index (χ3n) is 2.67. The first kappa shape index (κ1) is 12.7. The van der Waals surface area contributed by atoms with E-state index in [1.807, 2.05) is 6.07 Å². The standard InChI is InChI=1S/C12H6FIN6/c13-7-3-1-6(2-4-7)10-9(14)11-17-8(5-15)19-20(11)12(16)18-10/h1-4H,(H2,16,18). The zero-order valence-corrected chi connectivity index (χ0v) is 12.0. The Labute approximate surface area is 126 Å². The number of hydrogen-bond donors (Lipinski definition) is 1. The topological polar surface area (TPSA) is 92.9 Å². The van der Waals surface area contributed by atoms with Crippen LogP contribution in [0.4, 0.5) is 10.3 Å². The maximum Gasteiger partial charge on any atom is 0.253 e. The number of nitriles is 1. The van der Waals surface area contributed by atoms with Crippen LogP contribution in [0.15, 0.2) is 24.3 Å². The van der Waals surface area contributed by atoms with E-state index in [0.29, 0.717) is 20.5 Å². The van der Waals surface area contributed by atoms with Crippen LogP contribution in [0.3, 0.4) is 0 Å². The summed E-state index contributed by atoms with van der Waals surface area (Å²) in [6.07, 6.45) is 0. The molecule has 0 fully saturated rings. The summed E-state index contributed by atoms with van der Waals surface area (Å²) in [5, 5.41) is 12.8. The van der Waals surface area contributed by atoms with E-state index < -0.39 is 0 Å². The van der Waals surface area contributed by atoms with Gasteiger partial charge in [-0.3, -0.25) is 0 Å². The number of hydrogen-bond acceptors (Lipinski definition) is 5.